The fourth-order valence-corrected chi connectivity index (χ4v) is 5.55. The van der Waals surface area contributed by atoms with Crippen molar-refractivity contribution >= 4 is 15.8 Å². The smallest absolute Gasteiger partial charge is 0.243 e. The number of hydrogen-bond acceptors (Lipinski definition) is 5. The Labute approximate surface area is 200 Å². The van der Waals surface area contributed by atoms with Crippen molar-refractivity contribution in [3.05, 3.63) is 96.6 Å². The molecule has 0 radical (unpaired) electrons. The van der Waals surface area contributed by atoms with Gasteiger partial charge in [0.15, 0.2) is 5.82 Å². The molecule has 0 unspecified atom stereocenters. The molecule has 1 aliphatic rings. The molecule has 1 aliphatic heterocycles. The first-order valence-corrected chi connectivity index (χ1v) is 12.8. The van der Waals surface area contributed by atoms with Gasteiger partial charge in [0.1, 0.15) is 0 Å². The molecule has 1 fully saturated rings. The van der Waals surface area contributed by atoms with Crippen LogP contribution in [-0.4, -0.2) is 49.1 Å². The summed E-state index contributed by atoms with van der Waals surface area (Å²) in [4.78, 5) is 2.40. The number of nitrogens with zero attached hydrogens (tertiary/aromatic N) is 4. The van der Waals surface area contributed by atoms with Crippen molar-refractivity contribution in [1.82, 2.24) is 14.5 Å². The summed E-state index contributed by atoms with van der Waals surface area (Å²) in [7, 11) is -3.54. The number of anilines is 1. The van der Waals surface area contributed by atoms with Crippen molar-refractivity contribution in [3.8, 4) is 22.4 Å². The maximum Gasteiger partial charge on any atom is 0.243 e. The van der Waals surface area contributed by atoms with Crippen LogP contribution in [0.25, 0.3) is 22.4 Å². The number of aryl methyl sites for hydroxylation is 1. The molecule has 0 bridgehead atoms. The molecule has 172 valence electrons. The highest BCUT2D eigenvalue weighted by atomic mass is 32.2. The average Bonchev–Trinajstić information content (AvgIpc) is 2.90. The van der Waals surface area contributed by atoms with Crippen LogP contribution in [0.3, 0.4) is 0 Å². The van der Waals surface area contributed by atoms with Gasteiger partial charge < -0.3 is 4.90 Å². The van der Waals surface area contributed by atoms with E-state index in [-0.39, 0.29) is 0 Å². The van der Waals surface area contributed by atoms with E-state index in [1.165, 1.54) is 5.56 Å². The predicted molar refractivity (Wildman–Crippen MR) is 135 cm³/mol. The largest absolute Gasteiger partial charge is 0.352 e. The van der Waals surface area contributed by atoms with Gasteiger partial charge in [0.2, 0.25) is 10.0 Å². The molecule has 1 aromatic heterocycles. The molecule has 0 N–H and O–H groups in total. The first kappa shape index (κ1) is 22.3. The summed E-state index contributed by atoms with van der Waals surface area (Å²) < 4.78 is 27.9. The second kappa shape index (κ2) is 9.37. The number of sulfonamides is 1. The number of piperazine rings is 1. The zero-order valence-electron chi connectivity index (χ0n) is 19.0. The molecule has 0 aliphatic carbocycles. The SMILES string of the molecule is Cc1ccc(-c2ccc(N3CCN(S(=O)(=O)c4ccc(-c5ccccc5)cc4)CC3)nn2)cc1. The Balaban J connectivity index is 1.24. The van der Waals surface area contributed by atoms with Crippen molar-refractivity contribution < 1.29 is 8.42 Å². The molecule has 7 heteroatoms. The second-order valence-electron chi connectivity index (χ2n) is 8.42. The van der Waals surface area contributed by atoms with Crippen molar-refractivity contribution in [1.29, 1.82) is 0 Å². The number of benzene rings is 3. The zero-order valence-corrected chi connectivity index (χ0v) is 19.8. The minimum Gasteiger partial charge on any atom is -0.352 e. The molecular formula is C27H26N4O2S. The highest BCUT2D eigenvalue weighted by molar-refractivity contribution is 7.89. The molecule has 4 aromatic rings. The first-order chi connectivity index (χ1) is 16.5. The van der Waals surface area contributed by atoms with Crippen molar-refractivity contribution in [2.24, 2.45) is 0 Å². The lowest BCUT2D eigenvalue weighted by Crippen LogP contribution is -2.48. The highest BCUT2D eigenvalue weighted by Gasteiger charge is 2.29. The van der Waals surface area contributed by atoms with E-state index in [2.05, 4.69) is 34.2 Å². The zero-order chi connectivity index (χ0) is 23.5. The molecule has 0 atom stereocenters. The monoisotopic (exact) mass is 470 g/mol. The summed E-state index contributed by atoms with van der Waals surface area (Å²) in [5.74, 6) is 0.764. The van der Waals surface area contributed by atoms with Gasteiger partial charge in [0.25, 0.3) is 0 Å². The van der Waals surface area contributed by atoms with Crippen molar-refractivity contribution in [2.45, 2.75) is 11.8 Å². The van der Waals surface area contributed by atoms with Crippen molar-refractivity contribution in [3.63, 3.8) is 0 Å². The van der Waals surface area contributed by atoms with E-state index in [4.69, 9.17) is 0 Å². The summed E-state index contributed by atoms with van der Waals surface area (Å²) in [5.41, 5.74) is 5.11. The highest BCUT2D eigenvalue weighted by Crippen LogP contribution is 2.25. The number of aromatic nitrogens is 2. The third-order valence-corrected chi connectivity index (χ3v) is 8.07. The van der Waals surface area contributed by atoms with Gasteiger partial charge in [-0.05, 0) is 42.3 Å². The molecule has 0 amide bonds. The molecule has 0 spiro atoms. The van der Waals surface area contributed by atoms with E-state index >= 15 is 0 Å². The van der Waals surface area contributed by atoms with E-state index in [1.54, 1.807) is 16.4 Å². The normalized spacial score (nSPS) is 14.8. The van der Waals surface area contributed by atoms with Gasteiger partial charge in [-0.3, -0.25) is 0 Å². The lowest BCUT2D eigenvalue weighted by Gasteiger charge is -2.34. The lowest BCUT2D eigenvalue weighted by atomic mass is 10.1. The Morgan fingerprint density at radius 2 is 1.26 bits per heavy atom. The molecular weight excluding hydrogens is 444 g/mol. The fraction of sp³-hybridized carbons (Fsp3) is 0.185. The maximum absolute atomic E-state index is 13.2. The molecule has 34 heavy (non-hydrogen) atoms. The molecule has 5 rings (SSSR count). The van der Waals surface area contributed by atoms with Crippen LogP contribution in [0.5, 0.6) is 0 Å². The minimum atomic E-state index is -3.54. The Hall–Kier alpha value is -3.55. The van der Waals surface area contributed by atoms with Crippen LogP contribution in [0.2, 0.25) is 0 Å². The maximum atomic E-state index is 13.2. The van der Waals surface area contributed by atoms with E-state index in [9.17, 15) is 8.42 Å². The second-order valence-corrected chi connectivity index (χ2v) is 10.4. The van der Waals surface area contributed by atoms with Crippen LogP contribution in [0, 0.1) is 6.92 Å². The third kappa shape index (κ3) is 4.58. The Bertz CT molecular complexity index is 1350. The van der Waals surface area contributed by atoms with Crippen LogP contribution in [0.1, 0.15) is 5.56 Å². The summed E-state index contributed by atoms with van der Waals surface area (Å²) in [6.07, 6.45) is 0. The fourth-order valence-electron chi connectivity index (χ4n) is 4.13. The van der Waals surface area contributed by atoms with Crippen LogP contribution < -0.4 is 4.90 Å². The van der Waals surface area contributed by atoms with Gasteiger partial charge in [-0.25, -0.2) is 8.42 Å². The van der Waals surface area contributed by atoms with E-state index in [0.29, 0.717) is 31.1 Å². The van der Waals surface area contributed by atoms with Crippen molar-refractivity contribution in [2.75, 3.05) is 31.1 Å². The quantitative estimate of drug-likeness (QED) is 0.425. The summed E-state index contributed by atoms with van der Waals surface area (Å²) >= 11 is 0. The minimum absolute atomic E-state index is 0.322. The third-order valence-electron chi connectivity index (χ3n) is 6.16. The van der Waals surface area contributed by atoms with E-state index < -0.39 is 10.0 Å². The first-order valence-electron chi connectivity index (χ1n) is 11.3. The van der Waals surface area contributed by atoms with Gasteiger partial charge in [0, 0.05) is 31.7 Å². The van der Waals surface area contributed by atoms with Crippen LogP contribution in [-0.2, 0) is 10.0 Å². The average molecular weight is 471 g/mol. The Kier molecular flexibility index (Phi) is 6.13. The van der Waals surface area contributed by atoms with Gasteiger partial charge in [-0.2, -0.15) is 4.31 Å². The standard InChI is InChI=1S/C27H26N4O2S/c1-21-7-9-24(10-8-21)26-15-16-27(29-28-26)30-17-19-31(20-18-30)34(32,33)25-13-11-23(12-14-25)22-5-3-2-4-6-22/h2-16H,17-20H2,1H3. The van der Waals surface area contributed by atoms with E-state index in [0.717, 1.165) is 28.2 Å². The summed E-state index contributed by atoms with van der Waals surface area (Å²) in [5, 5.41) is 8.77. The number of rotatable bonds is 5. The number of hydrogen-bond donors (Lipinski definition) is 0. The summed E-state index contributed by atoms with van der Waals surface area (Å²) in [6, 6.07) is 29.2. The van der Waals surface area contributed by atoms with Crippen LogP contribution in [0.4, 0.5) is 5.82 Å². The Morgan fingerprint density at radius 1 is 0.647 bits per heavy atom. The Morgan fingerprint density at radius 3 is 1.88 bits per heavy atom. The van der Waals surface area contributed by atoms with Gasteiger partial charge in [-0.1, -0.05) is 72.3 Å². The lowest BCUT2D eigenvalue weighted by molar-refractivity contribution is 0.383. The predicted octanol–water partition coefficient (Wildman–Crippen LogP) is 4.63. The van der Waals surface area contributed by atoms with Crippen LogP contribution in [0.15, 0.2) is 95.9 Å². The molecule has 3 aromatic carbocycles. The molecule has 1 saturated heterocycles. The summed E-state index contributed by atoms with van der Waals surface area (Å²) in [6.45, 7) is 4.01. The van der Waals surface area contributed by atoms with E-state index in [1.807, 2.05) is 66.7 Å². The van der Waals surface area contributed by atoms with Gasteiger partial charge in [-0.15, -0.1) is 10.2 Å². The topological polar surface area (TPSA) is 66.4 Å². The molecule has 0 saturated carbocycles. The van der Waals surface area contributed by atoms with Gasteiger partial charge in [0.05, 0.1) is 10.6 Å². The molecule has 6 nitrogen and oxygen atoms in total. The van der Waals surface area contributed by atoms with Gasteiger partial charge >= 0.3 is 0 Å². The van der Waals surface area contributed by atoms with Crippen LogP contribution >= 0.6 is 0 Å². The molecule has 2 heterocycles.